The maximum Gasteiger partial charge on any atom is 0.0501 e. The molecule has 236 valence electrons. The Morgan fingerprint density at radius 2 is 0.936 bits per heavy atom. The Hall–Kier alpha value is -5.36. The average Bonchev–Trinajstić information content (AvgIpc) is 3.10. The summed E-state index contributed by atoms with van der Waals surface area (Å²) in [5, 5.41) is 0. The van der Waals surface area contributed by atoms with E-state index in [-0.39, 0.29) is 0 Å². The van der Waals surface area contributed by atoms with Crippen LogP contribution in [0.15, 0.2) is 127 Å². The lowest BCUT2D eigenvalue weighted by atomic mass is 9.89. The molecule has 0 aliphatic carbocycles. The normalized spacial score (nSPS) is 11.0. The van der Waals surface area contributed by atoms with Gasteiger partial charge in [-0.15, -0.1) is 0 Å². The van der Waals surface area contributed by atoms with Crippen LogP contribution < -0.4 is 27.0 Å². The van der Waals surface area contributed by atoms with E-state index in [4.69, 9.17) is 17.2 Å². The fourth-order valence-electron chi connectivity index (χ4n) is 6.46. The zero-order valence-corrected chi connectivity index (χ0v) is 27.7. The van der Waals surface area contributed by atoms with Crippen LogP contribution in [0.4, 0.5) is 39.8 Å². The molecule has 6 rings (SSSR count). The van der Waals surface area contributed by atoms with Gasteiger partial charge in [0.2, 0.25) is 0 Å². The summed E-state index contributed by atoms with van der Waals surface area (Å²) in [4.78, 5) is 4.62. The second-order valence-corrected chi connectivity index (χ2v) is 12.2. The van der Waals surface area contributed by atoms with Gasteiger partial charge in [-0.2, -0.15) is 0 Å². The zero-order valence-electron chi connectivity index (χ0n) is 27.7. The van der Waals surface area contributed by atoms with Gasteiger partial charge < -0.3 is 27.0 Å². The van der Waals surface area contributed by atoms with Gasteiger partial charge in [-0.25, -0.2) is 0 Å². The lowest BCUT2D eigenvalue weighted by Gasteiger charge is -2.31. The molecule has 0 saturated carbocycles. The fourth-order valence-corrected chi connectivity index (χ4v) is 6.46. The van der Waals surface area contributed by atoms with E-state index in [9.17, 15) is 0 Å². The van der Waals surface area contributed by atoms with Gasteiger partial charge in [0.05, 0.1) is 5.69 Å². The summed E-state index contributed by atoms with van der Waals surface area (Å²) in [6.07, 6.45) is 0. The molecular formula is C42H43N5. The van der Waals surface area contributed by atoms with E-state index in [1.54, 1.807) is 0 Å². The third kappa shape index (κ3) is 6.24. The van der Waals surface area contributed by atoms with Crippen LogP contribution in [0.3, 0.4) is 0 Å². The van der Waals surface area contributed by atoms with Crippen LogP contribution >= 0.6 is 0 Å². The van der Waals surface area contributed by atoms with Crippen molar-refractivity contribution in [3.05, 3.63) is 161 Å². The molecule has 0 aliphatic heterocycles. The highest BCUT2D eigenvalue weighted by atomic mass is 15.2. The van der Waals surface area contributed by atoms with Gasteiger partial charge in [0.1, 0.15) is 0 Å². The van der Waals surface area contributed by atoms with E-state index in [1.165, 1.54) is 0 Å². The first-order valence-corrected chi connectivity index (χ1v) is 16.1. The van der Waals surface area contributed by atoms with Gasteiger partial charge in [0.15, 0.2) is 0 Å². The summed E-state index contributed by atoms with van der Waals surface area (Å²) in [7, 11) is 0. The number of aryl methyl sites for hydroxylation is 3. The molecule has 0 radical (unpaired) electrons. The van der Waals surface area contributed by atoms with Crippen LogP contribution in [0.2, 0.25) is 0 Å². The Labute approximate surface area is 278 Å². The van der Waals surface area contributed by atoms with E-state index in [1.807, 2.05) is 12.1 Å². The van der Waals surface area contributed by atoms with E-state index < -0.39 is 0 Å². The molecule has 0 saturated heterocycles. The molecule has 47 heavy (non-hydrogen) atoms. The molecule has 5 nitrogen and oxygen atoms in total. The predicted octanol–water partition coefficient (Wildman–Crippen LogP) is 10.0. The van der Waals surface area contributed by atoms with Crippen LogP contribution in [-0.2, 0) is 13.1 Å². The Morgan fingerprint density at radius 1 is 0.468 bits per heavy atom. The smallest absolute Gasteiger partial charge is 0.0501 e. The average molecular weight is 618 g/mol. The fraction of sp³-hybridized carbons (Fsp3) is 0.143. The molecule has 0 unspecified atom stereocenters. The van der Waals surface area contributed by atoms with Gasteiger partial charge in [-0.3, -0.25) is 0 Å². The second kappa shape index (κ2) is 13.6. The molecule has 6 aromatic rings. The van der Waals surface area contributed by atoms with Crippen LogP contribution in [0, 0.1) is 27.7 Å². The van der Waals surface area contributed by atoms with Crippen molar-refractivity contribution in [2.24, 2.45) is 11.5 Å². The second-order valence-electron chi connectivity index (χ2n) is 12.2. The monoisotopic (exact) mass is 617 g/mol. The van der Waals surface area contributed by atoms with Gasteiger partial charge in [0, 0.05) is 52.8 Å². The Balaban J connectivity index is 1.54. The van der Waals surface area contributed by atoms with E-state index in [0.29, 0.717) is 13.1 Å². The number of anilines is 7. The number of rotatable bonds is 9. The van der Waals surface area contributed by atoms with Crippen molar-refractivity contribution in [3.63, 3.8) is 0 Å². The highest BCUT2D eigenvalue weighted by Gasteiger charge is 2.23. The van der Waals surface area contributed by atoms with Crippen molar-refractivity contribution < 1.29 is 0 Å². The van der Waals surface area contributed by atoms with Gasteiger partial charge in [-0.05, 0) is 133 Å². The molecule has 0 aliphatic rings. The van der Waals surface area contributed by atoms with Crippen molar-refractivity contribution in [3.8, 4) is 11.1 Å². The SMILES string of the molecule is Cc1cc(N(c2ccccc2)c2cccc(CN)c2)c(C)cc1-c1c(C)c(N(c2ccccc2)c2cccc(CN)c2)cc(C)c1N. The number of nitrogens with zero attached hydrogens (tertiary/aromatic N) is 2. The van der Waals surface area contributed by atoms with Crippen LogP contribution in [-0.4, -0.2) is 0 Å². The zero-order chi connectivity index (χ0) is 33.1. The molecule has 0 amide bonds. The van der Waals surface area contributed by atoms with Crippen molar-refractivity contribution in [1.82, 2.24) is 0 Å². The maximum absolute atomic E-state index is 6.98. The quantitative estimate of drug-likeness (QED) is 0.141. The van der Waals surface area contributed by atoms with Crippen molar-refractivity contribution in [2.45, 2.75) is 40.8 Å². The molecule has 0 bridgehead atoms. The van der Waals surface area contributed by atoms with Crippen molar-refractivity contribution in [2.75, 3.05) is 15.5 Å². The molecule has 6 aromatic carbocycles. The number of para-hydroxylation sites is 2. The lowest BCUT2D eigenvalue weighted by molar-refractivity contribution is 1.07. The maximum atomic E-state index is 6.98. The molecule has 5 heteroatoms. The lowest BCUT2D eigenvalue weighted by Crippen LogP contribution is -2.14. The highest BCUT2D eigenvalue weighted by molar-refractivity contribution is 5.93. The van der Waals surface area contributed by atoms with Gasteiger partial charge in [-0.1, -0.05) is 60.7 Å². The van der Waals surface area contributed by atoms with E-state index in [2.05, 4.69) is 153 Å². The Morgan fingerprint density at radius 3 is 1.45 bits per heavy atom. The number of nitrogens with two attached hydrogens (primary N) is 3. The molecule has 0 spiro atoms. The predicted molar refractivity (Wildman–Crippen MR) is 200 cm³/mol. The van der Waals surface area contributed by atoms with Crippen LogP contribution in [0.25, 0.3) is 11.1 Å². The third-order valence-electron chi connectivity index (χ3n) is 8.94. The van der Waals surface area contributed by atoms with Gasteiger partial charge in [0.25, 0.3) is 0 Å². The Bertz CT molecular complexity index is 2020. The largest absolute Gasteiger partial charge is 0.398 e. The Kier molecular flexibility index (Phi) is 9.12. The van der Waals surface area contributed by atoms with E-state index in [0.717, 1.165) is 84.3 Å². The third-order valence-corrected chi connectivity index (χ3v) is 8.94. The summed E-state index contributed by atoms with van der Waals surface area (Å²) in [6.45, 7) is 9.59. The summed E-state index contributed by atoms with van der Waals surface area (Å²) < 4.78 is 0. The number of nitrogen functional groups attached to an aromatic ring is 1. The first-order chi connectivity index (χ1) is 22.8. The van der Waals surface area contributed by atoms with Crippen molar-refractivity contribution >= 4 is 39.8 Å². The molecule has 6 N–H and O–H groups in total. The minimum absolute atomic E-state index is 0.475. The molecule has 0 atom stereocenters. The number of hydrogen-bond acceptors (Lipinski definition) is 5. The minimum Gasteiger partial charge on any atom is -0.398 e. The van der Waals surface area contributed by atoms with E-state index >= 15 is 0 Å². The first kappa shape index (κ1) is 31.6. The van der Waals surface area contributed by atoms with Crippen molar-refractivity contribution in [1.29, 1.82) is 0 Å². The van der Waals surface area contributed by atoms with Crippen LogP contribution in [0.1, 0.15) is 33.4 Å². The topological polar surface area (TPSA) is 84.5 Å². The molecule has 0 aromatic heterocycles. The summed E-state index contributed by atoms with van der Waals surface area (Å²) >= 11 is 0. The summed E-state index contributed by atoms with van der Waals surface area (Å²) in [5.74, 6) is 0. The molecular weight excluding hydrogens is 574 g/mol. The standard InChI is InChI=1S/C42H43N5/c1-28-22-39(46(34-15-7-5-8-16-34)36-19-11-13-32(24-36)26-43)29(2)21-38(28)41-31(4)40(23-30(3)42(41)45)47(35-17-9-6-10-18-35)37-20-12-14-33(25-37)27-44/h5-25H,26-27,43-45H2,1-4H3. The highest BCUT2D eigenvalue weighted by Crippen LogP contribution is 2.46. The summed E-state index contributed by atoms with van der Waals surface area (Å²) in [5.41, 5.74) is 35.2. The number of hydrogen-bond donors (Lipinski definition) is 3. The van der Waals surface area contributed by atoms with Crippen LogP contribution in [0.5, 0.6) is 0 Å². The molecule has 0 fully saturated rings. The number of benzene rings is 6. The molecule has 0 heterocycles. The minimum atomic E-state index is 0.475. The first-order valence-electron chi connectivity index (χ1n) is 16.1. The van der Waals surface area contributed by atoms with Gasteiger partial charge >= 0.3 is 0 Å². The summed E-state index contributed by atoms with van der Waals surface area (Å²) in [6, 6.07) is 44.6.